The van der Waals surface area contributed by atoms with Crippen LogP contribution >= 0.6 is 11.8 Å². The lowest BCUT2D eigenvalue weighted by Crippen LogP contribution is -2.33. The van der Waals surface area contributed by atoms with E-state index in [4.69, 9.17) is 0 Å². The van der Waals surface area contributed by atoms with Gasteiger partial charge in [0.15, 0.2) is 0 Å². The number of hydrogen-bond acceptors (Lipinski definition) is 5. The number of carbonyl (C=O) groups excluding carboxylic acids is 1. The quantitative estimate of drug-likeness (QED) is 0.653. The van der Waals surface area contributed by atoms with Gasteiger partial charge in [0.25, 0.3) is 0 Å². The molecule has 0 aliphatic carbocycles. The van der Waals surface area contributed by atoms with E-state index in [9.17, 15) is 4.79 Å². The van der Waals surface area contributed by atoms with Crippen LogP contribution in [0.15, 0.2) is 41.7 Å². The van der Waals surface area contributed by atoms with Crippen LogP contribution in [0.2, 0.25) is 0 Å². The van der Waals surface area contributed by atoms with Crippen LogP contribution in [-0.4, -0.2) is 34.7 Å². The number of nitrogens with zero attached hydrogens (tertiary/aromatic N) is 3. The number of aryl methyl sites for hydroxylation is 1. The van der Waals surface area contributed by atoms with Crippen LogP contribution in [0.5, 0.6) is 0 Å². The maximum Gasteiger partial charge on any atom is 0.234 e. The zero-order chi connectivity index (χ0) is 17.6. The third-order valence-corrected chi connectivity index (χ3v) is 5.31. The Bertz CT molecular complexity index is 729. The van der Waals surface area contributed by atoms with Crippen molar-refractivity contribution in [3.63, 3.8) is 0 Å². The van der Waals surface area contributed by atoms with Gasteiger partial charge in [-0.25, -0.2) is 9.97 Å². The van der Waals surface area contributed by atoms with E-state index in [2.05, 4.69) is 27.1 Å². The van der Waals surface area contributed by atoms with Crippen LogP contribution in [0.25, 0.3) is 0 Å². The standard InChI is InChI=1S/C19H24N4OS/c1-14-6-8-23(9-7-14)17-11-19(21-13-20-17)25-12-18(24)22-16-5-3-4-15(2)10-16/h3-5,10-11,13-14H,6-9,12H2,1-2H3,(H,22,24). The Morgan fingerprint density at radius 3 is 2.84 bits per heavy atom. The normalized spacial score (nSPS) is 15.2. The summed E-state index contributed by atoms with van der Waals surface area (Å²) in [5.41, 5.74) is 1.96. The largest absolute Gasteiger partial charge is 0.356 e. The monoisotopic (exact) mass is 356 g/mol. The van der Waals surface area contributed by atoms with Gasteiger partial charge in [-0.05, 0) is 43.4 Å². The van der Waals surface area contributed by atoms with Crippen molar-refractivity contribution in [3.8, 4) is 0 Å². The molecule has 132 valence electrons. The number of carbonyl (C=O) groups is 1. The first-order valence-corrected chi connectivity index (χ1v) is 9.65. The van der Waals surface area contributed by atoms with Gasteiger partial charge in [0.05, 0.1) is 5.75 Å². The molecule has 1 fully saturated rings. The van der Waals surface area contributed by atoms with Crippen molar-refractivity contribution < 1.29 is 4.79 Å². The number of rotatable bonds is 5. The fourth-order valence-electron chi connectivity index (χ4n) is 2.88. The lowest BCUT2D eigenvalue weighted by Gasteiger charge is -2.31. The van der Waals surface area contributed by atoms with Crippen LogP contribution < -0.4 is 10.2 Å². The molecule has 6 heteroatoms. The molecule has 0 radical (unpaired) electrons. The molecule has 3 rings (SSSR count). The van der Waals surface area contributed by atoms with E-state index >= 15 is 0 Å². The third kappa shape index (κ3) is 5.19. The minimum Gasteiger partial charge on any atom is -0.356 e. The van der Waals surface area contributed by atoms with Gasteiger partial charge in [-0.1, -0.05) is 30.8 Å². The lowest BCUT2D eigenvalue weighted by atomic mass is 9.99. The van der Waals surface area contributed by atoms with Crippen LogP contribution in [0.3, 0.4) is 0 Å². The van der Waals surface area contributed by atoms with E-state index in [1.165, 1.54) is 24.6 Å². The topological polar surface area (TPSA) is 58.1 Å². The molecular weight excluding hydrogens is 332 g/mol. The van der Waals surface area contributed by atoms with Gasteiger partial charge >= 0.3 is 0 Å². The van der Waals surface area contributed by atoms with Crippen molar-refractivity contribution in [3.05, 3.63) is 42.2 Å². The summed E-state index contributed by atoms with van der Waals surface area (Å²) in [6.07, 6.45) is 3.99. The summed E-state index contributed by atoms with van der Waals surface area (Å²) in [5, 5.41) is 3.76. The summed E-state index contributed by atoms with van der Waals surface area (Å²) < 4.78 is 0. The molecule has 2 aromatic rings. The molecule has 0 bridgehead atoms. The van der Waals surface area contributed by atoms with Gasteiger partial charge in [0, 0.05) is 24.8 Å². The first kappa shape index (κ1) is 17.7. The van der Waals surface area contributed by atoms with Crippen LogP contribution in [0, 0.1) is 12.8 Å². The van der Waals surface area contributed by atoms with E-state index in [0.29, 0.717) is 5.75 Å². The molecule has 1 aromatic carbocycles. The second kappa shape index (κ2) is 8.34. The summed E-state index contributed by atoms with van der Waals surface area (Å²) in [5.74, 6) is 2.06. The van der Waals surface area contributed by atoms with Crippen molar-refractivity contribution in [2.45, 2.75) is 31.7 Å². The zero-order valence-electron chi connectivity index (χ0n) is 14.7. The van der Waals surface area contributed by atoms with Crippen molar-refractivity contribution >= 4 is 29.2 Å². The average molecular weight is 356 g/mol. The SMILES string of the molecule is Cc1cccc(NC(=O)CSc2cc(N3CCC(C)CC3)ncn2)c1. The van der Waals surface area contributed by atoms with Gasteiger partial charge in [-0.2, -0.15) is 0 Å². The molecule has 1 N–H and O–H groups in total. The van der Waals surface area contributed by atoms with E-state index in [1.807, 2.05) is 37.3 Å². The summed E-state index contributed by atoms with van der Waals surface area (Å²) in [4.78, 5) is 23.1. The summed E-state index contributed by atoms with van der Waals surface area (Å²) in [6.45, 7) is 6.38. The molecular formula is C19H24N4OS. The summed E-state index contributed by atoms with van der Waals surface area (Å²) >= 11 is 1.44. The molecule has 1 aromatic heterocycles. The summed E-state index contributed by atoms with van der Waals surface area (Å²) in [6, 6.07) is 9.79. The zero-order valence-corrected chi connectivity index (χ0v) is 15.6. The molecule has 1 saturated heterocycles. The van der Waals surface area contributed by atoms with Crippen LogP contribution in [0.4, 0.5) is 11.5 Å². The Morgan fingerprint density at radius 1 is 1.28 bits per heavy atom. The highest BCUT2D eigenvalue weighted by Gasteiger charge is 2.17. The lowest BCUT2D eigenvalue weighted by molar-refractivity contribution is -0.113. The molecule has 2 heterocycles. The van der Waals surface area contributed by atoms with E-state index in [-0.39, 0.29) is 5.91 Å². The van der Waals surface area contributed by atoms with Crippen molar-refractivity contribution in [1.29, 1.82) is 0 Å². The first-order valence-electron chi connectivity index (χ1n) is 8.66. The number of aromatic nitrogens is 2. The minimum atomic E-state index is -0.0254. The van der Waals surface area contributed by atoms with E-state index in [0.717, 1.165) is 41.1 Å². The number of hydrogen-bond donors (Lipinski definition) is 1. The Kier molecular flexibility index (Phi) is 5.91. The fourth-order valence-corrected chi connectivity index (χ4v) is 3.54. The van der Waals surface area contributed by atoms with Crippen LogP contribution in [0.1, 0.15) is 25.3 Å². The maximum atomic E-state index is 12.1. The number of anilines is 2. The fraction of sp³-hybridized carbons (Fsp3) is 0.421. The smallest absolute Gasteiger partial charge is 0.234 e. The van der Waals surface area contributed by atoms with E-state index < -0.39 is 0 Å². The van der Waals surface area contributed by atoms with Crippen LogP contribution in [-0.2, 0) is 4.79 Å². The third-order valence-electron chi connectivity index (χ3n) is 4.39. The molecule has 0 atom stereocenters. The minimum absolute atomic E-state index is 0.0254. The second-order valence-electron chi connectivity index (χ2n) is 6.59. The number of amides is 1. The predicted octanol–water partition coefficient (Wildman–Crippen LogP) is 3.75. The highest BCUT2D eigenvalue weighted by Crippen LogP contribution is 2.24. The first-order chi connectivity index (χ1) is 12.1. The van der Waals surface area contributed by atoms with Crippen molar-refractivity contribution in [2.24, 2.45) is 5.92 Å². The van der Waals surface area contributed by atoms with Gasteiger partial charge in [-0.15, -0.1) is 0 Å². The predicted molar refractivity (Wildman–Crippen MR) is 103 cm³/mol. The molecule has 1 amide bonds. The highest BCUT2D eigenvalue weighted by atomic mass is 32.2. The number of piperidine rings is 1. The molecule has 0 saturated carbocycles. The molecule has 0 spiro atoms. The molecule has 1 aliphatic rings. The van der Waals surface area contributed by atoms with Gasteiger partial charge in [0.1, 0.15) is 17.2 Å². The summed E-state index contributed by atoms with van der Waals surface area (Å²) in [7, 11) is 0. The van der Waals surface area contributed by atoms with E-state index in [1.54, 1.807) is 6.33 Å². The van der Waals surface area contributed by atoms with Crippen molar-refractivity contribution in [2.75, 3.05) is 29.1 Å². The molecule has 25 heavy (non-hydrogen) atoms. The second-order valence-corrected chi connectivity index (χ2v) is 7.59. The highest BCUT2D eigenvalue weighted by molar-refractivity contribution is 7.99. The van der Waals surface area contributed by atoms with Gasteiger partial charge in [-0.3, -0.25) is 4.79 Å². The Hall–Kier alpha value is -2.08. The molecule has 5 nitrogen and oxygen atoms in total. The average Bonchev–Trinajstić information content (AvgIpc) is 2.61. The van der Waals surface area contributed by atoms with Gasteiger partial charge < -0.3 is 10.2 Å². The maximum absolute atomic E-state index is 12.1. The molecule has 1 aliphatic heterocycles. The van der Waals surface area contributed by atoms with Crippen molar-refractivity contribution in [1.82, 2.24) is 9.97 Å². The number of nitrogens with one attached hydrogen (secondary N) is 1. The Labute approximate surface area is 153 Å². The number of thioether (sulfide) groups is 1. The Morgan fingerprint density at radius 2 is 2.08 bits per heavy atom. The van der Waals surface area contributed by atoms with Gasteiger partial charge in [0.2, 0.25) is 5.91 Å². The Balaban J connectivity index is 1.54. The number of benzene rings is 1. The molecule has 0 unspecified atom stereocenters.